The highest BCUT2D eigenvalue weighted by atomic mass is 32.1. The molecule has 0 spiro atoms. The Morgan fingerprint density at radius 3 is 2.89 bits per heavy atom. The van der Waals surface area contributed by atoms with Crippen LogP contribution < -0.4 is 9.54 Å². The molecule has 144 valence electrons. The lowest BCUT2D eigenvalue weighted by Crippen LogP contribution is -2.17. The number of ether oxygens (including phenoxy) is 2. The Hall–Kier alpha value is -2.77. The third-order valence-corrected chi connectivity index (χ3v) is 5.37. The summed E-state index contributed by atoms with van der Waals surface area (Å²) in [6.45, 7) is 1.49. The molecule has 6 nitrogen and oxygen atoms in total. The molecule has 4 rings (SSSR count). The minimum absolute atomic E-state index is 0.208. The first-order valence-electron chi connectivity index (χ1n) is 9.26. The van der Waals surface area contributed by atoms with Crippen LogP contribution >= 0.6 is 11.3 Å². The molecular weight excluding hydrogens is 372 g/mol. The minimum atomic E-state index is 0.208. The molecule has 1 aliphatic heterocycles. The van der Waals surface area contributed by atoms with Crippen molar-refractivity contribution in [1.82, 2.24) is 9.66 Å². The monoisotopic (exact) mass is 394 g/mol. The molecular formula is C21H22N4O2S. The number of pyridine rings is 1. The van der Waals surface area contributed by atoms with Gasteiger partial charge in [0.25, 0.3) is 0 Å². The van der Waals surface area contributed by atoms with E-state index in [1.54, 1.807) is 30.9 Å². The molecule has 0 amide bonds. The standard InChI is InChI=1S/C21H22N4O2S/c1-26-18-9-7-16(8-10-18)20-15-28-21(23-14-19-6-4-12-27-19)25(20)24-13-17-5-2-3-11-22-17/h2-3,5,7-11,13,15,19H,4,6,12,14H2,1H3/b23-21?,24-13-/t19-/m1/s1. The summed E-state index contributed by atoms with van der Waals surface area (Å²) in [4.78, 5) is 9.93. The fourth-order valence-electron chi connectivity index (χ4n) is 3.02. The van der Waals surface area contributed by atoms with Gasteiger partial charge in [-0.15, -0.1) is 11.3 Å². The van der Waals surface area contributed by atoms with E-state index in [2.05, 4.69) is 15.5 Å². The zero-order chi connectivity index (χ0) is 19.2. The lowest BCUT2D eigenvalue weighted by Gasteiger charge is -2.06. The molecule has 2 aromatic heterocycles. The van der Waals surface area contributed by atoms with Gasteiger partial charge in [-0.25, -0.2) is 4.68 Å². The predicted molar refractivity (Wildman–Crippen MR) is 111 cm³/mol. The van der Waals surface area contributed by atoms with Gasteiger partial charge in [-0.2, -0.15) is 5.10 Å². The summed E-state index contributed by atoms with van der Waals surface area (Å²) in [7, 11) is 1.67. The first-order chi connectivity index (χ1) is 13.8. The largest absolute Gasteiger partial charge is 0.497 e. The van der Waals surface area contributed by atoms with Gasteiger partial charge in [0.2, 0.25) is 4.80 Å². The van der Waals surface area contributed by atoms with E-state index < -0.39 is 0 Å². The predicted octanol–water partition coefficient (Wildman–Crippen LogP) is 3.58. The van der Waals surface area contributed by atoms with Crippen LogP contribution in [0.25, 0.3) is 11.3 Å². The van der Waals surface area contributed by atoms with Crippen molar-refractivity contribution in [2.24, 2.45) is 10.1 Å². The van der Waals surface area contributed by atoms with E-state index in [1.165, 1.54) is 0 Å². The first-order valence-corrected chi connectivity index (χ1v) is 10.1. The van der Waals surface area contributed by atoms with Crippen molar-refractivity contribution in [2.75, 3.05) is 20.3 Å². The third-order valence-electron chi connectivity index (χ3n) is 4.52. The molecule has 1 fully saturated rings. The number of hydrogen-bond acceptors (Lipinski definition) is 6. The summed E-state index contributed by atoms with van der Waals surface area (Å²) in [5, 5.41) is 6.75. The van der Waals surface area contributed by atoms with Crippen LogP contribution in [0.1, 0.15) is 18.5 Å². The second kappa shape index (κ2) is 8.95. The highest BCUT2D eigenvalue weighted by Gasteiger charge is 2.15. The number of nitrogens with zero attached hydrogens (tertiary/aromatic N) is 4. The quantitative estimate of drug-likeness (QED) is 0.601. The molecule has 1 aromatic carbocycles. The Bertz CT molecular complexity index is 987. The molecule has 28 heavy (non-hydrogen) atoms. The second-order valence-corrected chi connectivity index (χ2v) is 7.26. The summed E-state index contributed by atoms with van der Waals surface area (Å²) < 4.78 is 12.8. The average molecular weight is 394 g/mol. The molecule has 3 heterocycles. The van der Waals surface area contributed by atoms with E-state index in [-0.39, 0.29) is 6.10 Å². The Kier molecular flexibility index (Phi) is 5.94. The van der Waals surface area contributed by atoms with Gasteiger partial charge in [0.05, 0.1) is 37.4 Å². The van der Waals surface area contributed by atoms with E-state index in [0.29, 0.717) is 6.54 Å². The SMILES string of the molecule is COc1ccc(-c2csc(=NC[C@H]3CCCO3)n2/N=C\c2ccccn2)cc1. The molecule has 1 saturated heterocycles. The van der Waals surface area contributed by atoms with Crippen molar-refractivity contribution in [1.29, 1.82) is 0 Å². The van der Waals surface area contributed by atoms with Gasteiger partial charge >= 0.3 is 0 Å². The number of aromatic nitrogens is 2. The average Bonchev–Trinajstić information content (AvgIpc) is 3.41. The van der Waals surface area contributed by atoms with Crippen LogP contribution in [0.3, 0.4) is 0 Å². The molecule has 1 atom stereocenters. The van der Waals surface area contributed by atoms with E-state index in [0.717, 1.165) is 47.0 Å². The zero-order valence-electron chi connectivity index (χ0n) is 15.7. The molecule has 0 saturated carbocycles. The summed E-state index contributed by atoms with van der Waals surface area (Å²) in [5.74, 6) is 0.825. The Labute approximate surface area is 167 Å². The molecule has 0 aliphatic carbocycles. The summed E-state index contributed by atoms with van der Waals surface area (Å²) in [6, 6.07) is 13.7. The van der Waals surface area contributed by atoms with Gasteiger partial charge in [-0.05, 0) is 49.2 Å². The van der Waals surface area contributed by atoms with Crippen LogP contribution in [0.15, 0.2) is 64.1 Å². The number of rotatable bonds is 6. The fraction of sp³-hybridized carbons (Fsp3) is 0.286. The van der Waals surface area contributed by atoms with E-state index in [1.807, 2.05) is 47.1 Å². The van der Waals surface area contributed by atoms with Crippen LogP contribution in [0.4, 0.5) is 0 Å². The van der Waals surface area contributed by atoms with Gasteiger partial charge < -0.3 is 9.47 Å². The highest BCUT2D eigenvalue weighted by Crippen LogP contribution is 2.23. The van der Waals surface area contributed by atoms with Crippen molar-refractivity contribution < 1.29 is 9.47 Å². The van der Waals surface area contributed by atoms with Gasteiger partial charge in [0.1, 0.15) is 5.75 Å². The third kappa shape index (κ3) is 4.37. The molecule has 7 heteroatoms. The maximum Gasteiger partial charge on any atom is 0.206 e. The number of benzene rings is 1. The van der Waals surface area contributed by atoms with Crippen LogP contribution in [-0.2, 0) is 4.74 Å². The first kappa shape index (κ1) is 18.6. The van der Waals surface area contributed by atoms with Crippen molar-refractivity contribution in [3.05, 3.63) is 64.5 Å². The van der Waals surface area contributed by atoms with Gasteiger partial charge in [-0.3, -0.25) is 9.98 Å². The molecule has 0 unspecified atom stereocenters. The smallest absolute Gasteiger partial charge is 0.206 e. The maximum absolute atomic E-state index is 5.70. The Morgan fingerprint density at radius 2 is 2.18 bits per heavy atom. The molecule has 3 aromatic rings. The Balaban J connectivity index is 1.70. The number of thiazole rings is 1. The van der Waals surface area contributed by atoms with Gasteiger partial charge in [-0.1, -0.05) is 6.07 Å². The van der Waals surface area contributed by atoms with Gasteiger partial charge in [0, 0.05) is 23.7 Å². The summed E-state index contributed by atoms with van der Waals surface area (Å²) in [6.07, 6.45) is 5.90. The van der Waals surface area contributed by atoms with Crippen molar-refractivity contribution in [3.63, 3.8) is 0 Å². The highest BCUT2D eigenvalue weighted by molar-refractivity contribution is 7.07. The van der Waals surface area contributed by atoms with Crippen molar-refractivity contribution in [3.8, 4) is 17.0 Å². The van der Waals surface area contributed by atoms with Crippen molar-refractivity contribution >= 4 is 17.6 Å². The van der Waals surface area contributed by atoms with Crippen LogP contribution in [0, 0.1) is 0 Å². The van der Waals surface area contributed by atoms with E-state index in [9.17, 15) is 0 Å². The topological polar surface area (TPSA) is 61.0 Å². The second-order valence-electron chi connectivity index (χ2n) is 6.42. The fourth-order valence-corrected chi connectivity index (χ4v) is 3.86. The normalized spacial score (nSPS) is 17.5. The lowest BCUT2D eigenvalue weighted by atomic mass is 10.2. The molecule has 0 bridgehead atoms. The summed E-state index contributed by atoms with van der Waals surface area (Å²) in [5.41, 5.74) is 2.83. The lowest BCUT2D eigenvalue weighted by molar-refractivity contribution is 0.117. The molecule has 1 aliphatic rings. The molecule has 0 N–H and O–H groups in total. The van der Waals surface area contributed by atoms with Crippen molar-refractivity contribution in [2.45, 2.75) is 18.9 Å². The van der Waals surface area contributed by atoms with Crippen LogP contribution in [0.5, 0.6) is 5.75 Å². The number of hydrogen-bond donors (Lipinski definition) is 0. The van der Waals surface area contributed by atoms with E-state index in [4.69, 9.17) is 14.5 Å². The number of methoxy groups -OCH3 is 1. The molecule has 0 radical (unpaired) electrons. The Morgan fingerprint density at radius 1 is 1.29 bits per heavy atom. The summed E-state index contributed by atoms with van der Waals surface area (Å²) >= 11 is 1.57. The zero-order valence-corrected chi connectivity index (χ0v) is 16.5. The van der Waals surface area contributed by atoms with Crippen LogP contribution in [-0.4, -0.2) is 42.2 Å². The van der Waals surface area contributed by atoms with E-state index >= 15 is 0 Å². The maximum atomic E-state index is 5.70. The van der Waals surface area contributed by atoms with Crippen LogP contribution in [0.2, 0.25) is 0 Å². The minimum Gasteiger partial charge on any atom is -0.497 e. The van der Waals surface area contributed by atoms with Gasteiger partial charge in [0.15, 0.2) is 0 Å².